The van der Waals surface area contributed by atoms with E-state index in [1.165, 1.54) is 30.3 Å². The molecule has 0 unspecified atom stereocenters. The second-order valence-electron chi connectivity index (χ2n) is 5.74. The molecule has 1 aromatic heterocycles. The summed E-state index contributed by atoms with van der Waals surface area (Å²) in [5.74, 6) is -0.182. The number of halogens is 2. The molecule has 29 heavy (non-hydrogen) atoms. The van der Waals surface area contributed by atoms with E-state index >= 15 is 0 Å². The van der Waals surface area contributed by atoms with Crippen LogP contribution in [-0.2, 0) is 10.0 Å². The van der Waals surface area contributed by atoms with E-state index in [-0.39, 0.29) is 15.8 Å². The fraction of sp³-hybridized carbons (Fsp3) is 0. The summed E-state index contributed by atoms with van der Waals surface area (Å²) >= 11 is 17.2. The third kappa shape index (κ3) is 5.14. The first kappa shape index (κ1) is 21.3. The number of hydrogen-bond acceptors (Lipinski definition) is 5. The molecule has 0 spiro atoms. The predicted octanol–water partition coefficient (Wildman–Crippen LogP) is 4.03. The van der Waals surface area contributed by atoms with Crippen LogP contribution in [0.4, 0.5) is 5.69 Å². The van der Waals surface area contributed by atoms with Crippen molar-refractivity contribution in [3.05, 3.63) is 70.4 Å². The van der Waals surface area contributed by atoms with Gasteiger partial charge in [-0.1, -0.05) is 29.3 Å². The highest BCUT2D eigenvalue weighted by molar-refractivity contribution is 7.89. The quantitative estimate of drug-likeness (QED) is 0.496. The predicted molar refractivity (Wildman–Crippen MR) is 116 cm³/mol. The molecule has 0 aliphatic rings. The lowest BCUT2D eigenvalue weighted by molar-refractivity contribution is 0.0951. The average Bonchev–Trinajstić information content (AvgIpc) is 3.13. The molecule has 7 nitrogen and oxygen atoms in total. The Balaban J connectivity index is 1.67. The van der Waals surface area contributed by atoms with Crippen molar-refractivity contribution in [1.82, 2.24) is 5.32 Å². The number of sulfonamides is 1. The van der Waals surface area contributed by atoms with Gasteiger partial charge < -0.3 is 9.73 Å². The Kier molecular flexibility index (Phi) is 6.25. The van der Waals surface area contributed by atoms with E-state index in [4.69, 9.17) is 45.0 Å². The van der Waals surface area contributed by atoms with Crippen LogP contribution < -0.4 is 15.8 Å². The summed E-state index contributed by atoms with van der Waals surface area (Å²) < 4.78 is 28.1. The molecule has 0 saturated carbocycles. The van der Waals surface area contributed by atoms with Crippen LogP contribution in [0.2, 0.25) is 10.0 Å². The van der Waals surface area contributed by atoms with E-state index in [2.05, 4.69) is 10.6 Å². The van der Waals surface area contributed by atoms with Crippen LogP contribution in [0, 0.1) is 0 Å². The van der Waals surface area contributed by atoms with E-state index < -0.39 is 15.9 Å². The molecule has 3 rings (SSSR count). The molecule has 0 aliphatic heterocycles. The number of hydrogen-bond donors (Lipinski definition) is 3. The topological polar surface area (TPSA) is 114 Å². The van der Waals surface area contributed by atoms with E-state index in [0.717, 1.165) is 0 Å². The lowest BCUT2D eigenvalue weighted by atomic mass is 10.2. The second kappa shape index (κ2) is 8.52. The van der Waals surface area contributed by atoms with Gasteiger partial charge in [-0.2, -0.15) is 0 Å². The minimum absolute atomic E-state index is 0.00269. The molecule has 0 atom stereocenters. The van der Waals surface area contributed by atoms with Crippen LogP contribution in [0.5, 0.6) is 0 Å². The van der Waals surface area contributed by atoms with Crippen molar-refractivity contribution in [2.45, 2.75) is 4.90 Å². The van der Waals surface area contributed by atoms with Crippen LogP contribution in [0.15, 0.2) is 63.9 Å². The van der Waals surface area contributed by atoms with Gasteiger partial charge in [0.2, 0.25) is 10.0 Å². The van der Waals surface area contributed by atoms with E-state index in [1.807, 2.05) is 0 Å². The van der Waals surface area contributed by atoms with Crippen molar-refractivity contribution >= 4 is 62.2 Å². The molecular formula is C18H13Cl2N3O4S2. The van der Waals surface area contributed by atoms with Gasteiger partial charge in [-0.3, -0.25) is 10.1 Å². The largest absolute Gasteiger partial charge is 0.451 e. The highest BCUT2D eigenvalue weighted by atomic mass is 35.5. The number of anilines is 1. The third-order valence-corrected chi connectivity index (χ3v) is 5.67. The number of amides is 1. The molecule has 11 heteroatoms. The fourth-order valence-electron chi connectivity index (χ4n) is 2.35. The first-order chi connectivity index (χ1) is 13.6. The van der Waals surface area contributed by atoms with E-state index in [9.17, 15) is 13.2 Å². The molecule has 4 N–H and O–H groups in total. The van der Waals surface area contributed by atoms with Gasteiger partial charge in [-0.05, 0) is 60.7 Å². The van der Waals surface area contributed by atoms with Crippen molar-refractivity contribution in [2.75, 3.05) is 5.32 Å². The normalized spacial score (nSPS) is 11.1. The van der Waals surface area contributed by atoms with Crippen molar-refractivity contribution in [1.29, 1.82) is 0 Å². The second-order valence-corrected chi connectivity index (χ2v) is 8.50. The van der Waals surface area contributed by atoms with Gasteiger partial charge >= 0.3 is 0 Å². The molecule has 0 bridgehead atoms. The zero-order valence-corrected chi connectivity index (χ0v) is 17.6. The van der Waals surface area contributed by atoms with Crippen LogP contribution in [0.3, 0.4) is 0 Å². The fourth-order valence-corrected chi connectivity index (χ4v) is 3.47. The van der Waals surface area contributed by atoms with Gasteiger partial charge in [0.1, 0.15) is 5.76 Å². The third-order valence-electron chi connectivity index (χ3n) is 3.71. The first-order valence-corrected chi connectivity index (χ1v) is 10.7. The average molecular weight is 470 g/mol. The van der Waals surface area contributed by atoms with Gasteiger partial charge in [0.05, 0.1) is 14.9 Å². The smallest absolute Gasteiger partial charge is 0.293 e. The number of furan rings is 1. The highest BCUT2D eigenvalue weighted by Gasteiger charge is 2.16. The maximum absolute atomic E-state index is 12.3. The number of primary sulfonamides is 1. The standard InChI is InChI=1S/C18H13Cl2N3O4S2/c19-13-3-1-2-12(16(13)20)14-8-9-15(27-14)17(24)23-18(28)22-10-4-6-11(7-5-10)29(21,25)26/h1-9H,(H2,21,25,26)(H2,22,23,24,28). The Labute approximate surface area is 181 Å². The maximum Gasteiger partial charge on any atom is 0.293 e. The van der Waals surface area contributed by atoms with Crippen LogP contribution in [0.25, 0.3) is 11.3 Å². The summed E-state index contributed by atoms with van der Waals surface area (Å²) in [7, 11) is -3.79. The molecular weight excluding hydrogens is 457 g/mol. The van der Waals surface area contributed by atoms with Crippen molar-refractivity contribution in [3.8, 4) is 11.3 Å². The van der Waals surface area contributed by atoms with Crippen molar-refractivity contribution in [3.63, 3.8) is 0 Å². The van der Waals surface area contributed by atoms with Gasteiger partial charge in [0.15, 0.2) is 10.9 Å². The SMILES string of the molecule is NS(=O)(=O)c1ccc(NC(=S)NC(=O)c2ccc(-c3cccc(Cl)c3Cl)o2)cc1. The highest BCUT2D eigenvalue weighted by Crippen LogP contribution is 2.34. The lowest BCUT2D eigenvalue weighted by Gasteiger charge is -2.09. The minimum atomic E-state index is -3.79. The number of carbonyl (C=O) groups is 1. The Morgan fingerprint density at radius 2 is 1.72 bits per heavy atom. The summed E-state index contributed by atoms with van der Waals surface area (Å²) in [5.41, 5.74) is 1.02. The van der Waals surface area contributed by atoms with Crippen molar-refractivity contribution in [2.24, 2.45) is 5.14 Å². The van der Waals surface area contributed by atoms with E-state index in [1.54, 1.807) is 24.3 Å². The summed E-state index contributed by atoms with van der Waals surface area (Å²) in [5, 5.41) is 10.9. The number of rotatable bonds is 4. The molecule has 3 aromatic rings. The molecule has 0 fully saturated rings. The summed E-state index contributed by atoms with van der Waals surface area (Å²) in [6, 6.07) is 13.7. The summed E-state index contributed by atoms with van der Waals surface area (Å²) in [6.07, 6.45) is 0. The Hall–Kier alpha value is -2.43. The minimum Gasteiger partial charge on any atom is -0.451 e. The van der Waals surface area contributed by atoms with Crippen LogP contribution >= 0.6 is 35.4 Å². The van der Waals surface area contributed by atoms with Crippen molar-refractivity contribution < 1.29 is 17.6 Å². The zero-order valence-electron chi connectivity index (χ0n) is 14.5. The monoisotopic (exact) mass is 469 g/mol. The number of nitrogens with two attached hydrogens (primary N) is 1. The summed E-state index contributed by atoms with van der Waals surface area (Å²) in [4.78, 5) is 12.3. The molecule has 150 valence electrons. The molecule has 0 saturated heterocycles. The first-order valence-electron chi connectivity index (χ1n) is 7.94. The van der Waals surface area contributed by atoms with Crippen LogP contribution in [-0.4, -0.2) is 19.4 Å². The molecule has 0 aliphatic carbocycles. The number of benzene rings is 2. The van der Waals surface area contributed by atoms with Gasteiger partial charge in [-0.25, -0.2) is 13.6 Å². The van der Waals surface area contributed by atoms with Gasteiger partial charge in [0.25, 0.3) is 5.91 Å². The summed E-state index contributed by atoms with van der Waals surface area (Å²) in [6.45, 7) is 0. The van der Waals surface area contributed by atoms with Gasteiger partial charge in [-0.15, -0.1) is 0 Å². The molecule has 0 radical (unpaired) electrons. The zero-order chi connectivity index (χ0) is 21.2. The van der Waals surface area contributed by atoms with Gasteiger partial charge in [0, 0.05) is 11.3 Å². The molecule has 1 amide bonds. The lowest BCUT2D eigenvalue weighted by Crippen LogP contribution is -2.33. The maximum atomic E-state index is 12.3. The van der Waals surface area contributed by atoms with Crippen LogP contribution in [0.1, 0.15) is 10.6 Å². The Bertz CT molecular complexity index is 1190. The molecule has 1 heterocycles. The number of carbonyl (C=O) groups excluding carboxylic acids is 1. The number of nitrogens with one attached hydrogen (secondary N) is 2. The number of thiocarbonyl (C=S) groups is 1. The Morgan fingerprint density at radius 3 is 2.38 bits per heavy atom. The van der Waals surface area contributed by atoms with E-state index in [0.29, 0.717) is 27.1 Å². The molecule has 2 aromatic carbocycles. The Morgan fingerprint density at radius 1 is 1.03 bits per heavy atom.